The molecule has 0 amide bonds. The fraction of sp³-hybridized carbons (Fsp3) is 0.769. The van der Waals surface area contributed by atoms with Crippen molar-refractivity contribution in [3.8, 4) is 0 Å². The van der Waals surface area contributed by atoms with Crippen LogP contribution in [0.2, 0.25) is 0 Å². The maximum atomic E-state index is 4.26. The van der Waals surface area contributed by atoms with Crippen LogP contribution in [0.4, 0.5) is 0 Å². The predicted octanol–water partition coefficient (Wildman–Crippen LogP) is 1.33. The zero-order valence-corrected chi connectivity index (χ0v) is 10.6. The molecule has 4 nitrogen and oxygen atoms in total. The first-order valence-electron chi connectivity index (χ1n) is 6.72. The summed E-state index contributed by atoms with van der Waals surface area (Å²) < 4.78 is 0. The molecule has 2 atom stereocenters. The predicted molar refractivity (Wildman–Crippen MR) is 67.6 cm³/mol. The summed E-state index contributed by atoms with van der Waals surface area (Å²) in [6.07, 6.45) is 8.09. The molecule has 1 aliphatic carbocycles. The molecular weight excluding hydrogens is 212 g/mol. The number of nitrogens with zero attached hydrogens (tertiary/aromatic N) is 3. The Labute approximate surface area is 103 Å². The van der Waals surface area contributed by atoms with Crippen LogP contribution in [0, 0.1) is 5.92 Å². The molecule has 1 N–H and O–H groups in total. The third-order valence-electron chi connectivity index (χ3n) is 4.27. The van der Waals surface area contributed by atoms with Crippen LogP contribution in [-0.2, 0) is 6.54 Å². The lowest BCUT2D eigenvalue weighted by atomic mass is 10.1. The van der Waals surface area contributed by atoms with E-state index < -0.39 is 0 Å². The van der Waals surface area contributed by atoms with E-state index in [1.165, 1.54) is 32.4 Å². The molecule has 0 spiro atoms. The number of fused-ring (bicyclic) bond motifs is 2. The molecular formula is C13H22N4. The van der Waals surface area contributed by atoms with Gasteiger partial charge in [-0.05, 0) is 32.2 Å². The molecule has 94 valence electrons. The molecule has 2 aliphatic rings. The van der Waals surface area contributed by atoms with Gasteiger partial charge in [0.05, 0.1) is 6.54 Å². The highest BCUT2D eigenvalue weighted by Gasteiger charge is 2.37. The van der Waals surface area contributed by atoms with Crippen molar-refractivity contribution < 1.29 is 0 Å². The summed E-state index contributed by atoms with van der Waals surface area (Å²) in [4.78, 5) is 12.5. The van der Waals surface area contributed by atoms with E-state index in [1.54, 1.807) is 0 Å². The summed E-state index contributed by atoms with van der Waals surface area (Å²) in [5, 5.41) is 0. The SMILES string of the molecule is CN(CCN1C[C@@H]2CC[C@H]1C2)Cc1ncc[nH]1. The third kappa shape index (κ3) is 2.53. The molecule has 0 unspecified atom stereocenters. The topological polar surface area (TPSA) is 35.2 Å². The van der Waals surface area contributed by atoms with Crippen LogP contribution in [0.1, 0.15) is 25.1 Å². The van der Waals surface area contributed by atoms with E-state index >= 15 is 0 Å². The minimum Gasteiger partial charge on any atom is -0.348 e. The summed E-state index contributed by atoms with van der Waals surface area (Å²) in [5.74, 6) is 2.07. The van der Waals surface area contributed by atoms with Crippen molar-refractivity contribution >= 4 is 0 Å². The number of aromatic nitrogens is 2. The first-order valence-corrected chi connectivity index (χ1v) is 6.72. The molecule has 2 heterocycles. The van der Waals surface area contributed by atoms with Crippen molar-refractivity contribution in [3.63, 3.8) is 0 Å². The quantitative estimate of drug-likeness (QED) is 0.834. The number of likely N-dealkylation sites (tertiary alicyclic amines) is 1. The van der Waals surface area contributed by atoms with Crippen LogP contribution < -0.4 is 0 Å². The van der Waals surface area contributed by atoms with Gasteiger partial charge in [-0.3, -0.25) is 9.80 Å². The highest BCUT2D eigenvalue weighted by molar-refractivity contribution is 4.92. The first kappa shape index (κ1) is 11.2. The van der Waals surface area contributed by atoms with Gasteiger partial charge in [0.15, 0.2) is 0 Å². The summed E-state index contributed by atoms with van der Waals surface area (Å²) in [6, 6.07) is 0.900. The number of imidazole rings is 1. The number of H-pyrrole nitrogens is 1. The molecule has 1 aromatic heterocycles. The average molecular weight is 234 g/mol. The van der Waals surface area contributed by atoms with Crippen LogP contribution in [-0.4, -0.2) is 52.5 Å². The van der Waals surface area contributed by atoms with E-state index in [0.29, 0.717) is 0 Å². The molecule has 4 heteroatoms. The number of likely N-dealkylation sites (N-methyl/N-ethyl adjacent to an activating group) is 1. The van der Waals surface area contributed by atoms with Gasteiger partial charge in [0, 0.05) is 38.1 Å². The van der Waals surface area contributed by atoms with E-state index in [-0.39, 0.29) is 0 Å². The lowest BCUT2D eigenvalue weighted by Gasteiger charge is -2.28. The van der Waals surface area contributed by atoms with Crippen molar-refractivity contribution in [2.24, 2.45) is 5.92 Å². The summed E-state index contributed by atoms with van der Waals surface area (Å²) >= 11 is 0. The van der Waals surface area contributed by atoms with Crippen molar-refractivity contribution in [1.29, 1.82) is 0 Å². The van der Waals surface area contributed by atoms with Gasteiger partial charge in [-0.2, -0.15) is 0 Å². The van der Waals surface area contributed by atoms with E-state index in [1.807, 2.05) is 12.4 Å². The standard InChI is InChI=1S/C13H22N4/c1-16(10-13-14-4-5-15-13)6-7-17-9-11-2-3-12(17)8-11/h4-5,11-12H,2-3,6-10H2,1H3,(H,14,15)/t11-,12+/m1/s1. The highest BCUT2D eigenvalue weighted by atomic mass is 15.2. The highest BCUT2D eigenvalue weighted by Crippen LogP contribution is 2.36. The number of hydrogen-bond donors (Lipinski definition) is 1. The molecule has 2 bridgehead atoms. The van der Waals surface area contributed by atoms with Crippen LogP contribution in [0.5, 0.6) is 0 Å². The van der Waals surface area contributed by atoms with E-state index in [2.05, 4.69) is 26.8 Å². The largest absolute Gasteiger partial charge is 0.348 e. The maximum Gasteiger partial charge on any atom is 0.120 e. The number of rotatable bonds is 5. The Hall–Kier alpha value is -0.870. The van der Waals surface area contributed by atoms with Gasteiger partial charge < -0.3 is 4.98 Å². The Morgan fingerprint density at radius 2 is 2.47 bits per heavy atom. The second-order valence-corrected chi connectivity index (χ2v) is 5.60. The van der Waals surface area contributed by atoms with Crippen LogP contribution in [0.3, 0.4) is 0 Å². The fourth-order valence-electron chi connectivity index (χ4n) is 3.32. The lowest BCUT2D eigenvalue weighted by Crippen LogP contribution is -2.38. The molecule has 0 aromatic carbocycles. The minimum atomic E-state index is 0.900. The van der Waals surface area contributed by atoms with E-state index in [0.717, 1.165) is 30.9 Å². The number of hydrogen-bond acceptors (Lipinski definition) is 3. The molecule has 3 rings (SSSR count). The van der Waals surface area contributed by atoms with Crippen molar-refractivity contribution in [2.75, 3.05) is 26.7 Å². The first-order chi connectivity index (χ1) is 8.31. The second-order valence-electron chi connectivity index (χ2n) is 5.60. The van der Waals surface area contributed by atoms with Crippen molar-refractivity contribution in [2.45, 2.75) is 31.8 Å². The fourth-order valence-corrected chi connectivity index (χ4v) is 3.32. The van der Waals surface area contributed by atoms with Gasteiger partial charge >= 0.3 is 0 Å². The van der Waals surface area contributed by atoms with Gasteiger partial charge in [0.25, 0.3) is 0 Å². The Morgan fingerprint density at radius 1 is 1.53 bits per heavy atom. The average Bonchev–Trinajstić information content (AvgIpc) is 3.02. The summed E-state index contributed by atoms with van der Waals surface area (Å²) in [6.45, 7) is 4.64. The molecule has 17 heavy (non-hydrogen) atoms. The van der Waals surface area contributed by atoms with Crippen molar-refractivity contribution in [1.82, 2.24) is 19.8 Å². The Kier molecular flexibility index (Phi) is 3.16. The summed E-state index contributed by atoms with van der Waals surface area (Å²) in [7, 11) is 2.18. The maximum absolute atomic E-state index is 4.26. The monoisotopic (exact) mass is 234 g/mol. The Balaban J connectivity index is 1.42. The van der Waals surface area contributed by atoms with Crippen LogP contribution in [0.15, 0.2) is 12.4 Å². The Bertz CT molecular complexity index is 348. The molecule has 1 aromatic rings. The molecule has 2 fully saturated rings. The smallest absolute Gasteiger partial charge is 0.120 e. The number of aromatic amines is 1. The number of piperidine rings is 1. The van der Waals surface area contributed by atoms with Gasteiger partial charge in [0.1, 0.15) is 5.82 Å². The summed E-state index contributed by atoms with van der Waals surface area (Å²) in [5.41, 5.74) is 0. The van der Waals surface area contributed by atoms with Gasteiger partial charge in [-0.15, -0.1) is 0 Å². The Morgan fingerprint density at radius 3 is 3.12 bits per heavy atom. The zero-order chi connectivity index (χ0) is 11.7. The van der Waals surface area contributed by atoms with Gasteiger partial charge in [-0.25, -0.2) is 4.98 Å². The van der Waals surface area contributed by atoms with Gasteiger partial charge in [0.2, 0.25) is 0 Å². The molecule has 0 radical (unpaired) electrons. The molecule has 1 saturated carbocycles. The normalized spacial score (nSPS) is 28.4. The number of nitrogens with one attached hydrogen (secondary N) is 1. The zero-order valence-electron chi connectivity index (χ0n) is 10.6. The van der Waals surface area contributed by atoms with Crippen LogP contribution >= 0.6 is 0 Å². The lowest BCUT2D eigenvalue weighted by molar-refractivity contribution is 0.181. The molecule has 1 aliphatic heterocycles. The van der Waals surface area contributed by atoms with Crippen LogP contribution in [0.25, 0.3) is 0 Å². The minimum absolute atomic E-state index is 0.900. The van der Waals surface area contributed by atoms with Crippen molar-refractivity contribution in [3.05, 3.63) is 18.2 Å². The molecule has 1 saturated heterocycles. The van der Waals surface area contributed by atoms with Gasteiger partial charge in [-0.1, -0.05) is 0 Å². The third-order valence-corrected chi connectivity index (χ3v) is 4.27. The van der Waals surface area contributed by atoms with E-state index in [4.69, 9.17) is 0 Å². The van der Waals surface area contributed by atoms with E-state index in [9.17, 15) is 0 Å². The second kappa shape index (κ2) is 4.78.